The second kappa shape index (κ2) is 7.02. The van der Waals surface area contributed by atoms with Crippen LogP contribution in [0, 0.1) is 30.0 Å². The highest BCUT2D eigenvalue weighted by molar-refractivity contribution is 5.95. The molecule has 0 unspecified atom stereocenters. The molecule has 1 aliphatic carbocycles. The number of likely N-dealkylation sites (tertiary alicyclic amines) is 1. The van der Waals surface area contributed by atoms with Gasteiger partial charge in [0.15, 0.2) is 0 Å². The van der Waals surface area contributed by atoms with E-state index in [0.717, 1.165) is 25.7 Å². The van der Waals surface area contributed by atoms with Crippen molar-refractivity contribution in [3.8, 4) is 0 Å². The number of hydrogen-bond donors (Lipinski definition) is 1. The molecule has 0 radical (unpaired) electrons. The number of carbonyl (C=O) groups is 2. The fourth-order valence-corrected chi connectivity index (χ4v) is 5.96. The number of carbonyl (C=O) groups excluding carboxylic acids is 2. The van der Waals surface area contributed by atoms with Crippen molar-refractivity contribution in [1.29, 1.82) is 0 Å². The molecule has 3 heterocycles. The lowest BCUT2D eigenvalue weighted by molar-refractivity contribution is -0.139. The zero-order chi connectivity index (χ0) is 21.1. The number of amides is 2. The Hall–Kier alpha value is -1.99. The molecule has 7 heteroatoms. The summed E-state index contributed by atoms with van der Waals surface area (Å²) in [7, 11) is 1.65. The standard InChI is InChI=1S/C23H29FN2O4/c1-14-15(4-3-5-18(14)24)20(27)25-10-16-17-11-26(12-23(17)7-6-19(16)30-23)21(28)22(8-9-22)13-29-2/h3-5,16-17,19H,6-13H2,1-2H3,(H,25,27)/t16-,17+,19+,23+/m0/s1. The fourth-order valence-electron chi connectivity index (χ4n) is 5.96. The van der Waals surface area contributed by atoms with Crippen LogP contribution in [0.4, 0.5) is 4.39 Å². The average molecular weight is 416 g/mol. The molecule has 1 aromatic carbocycles. The highest BCUT2D eigenvalue weighted by Gasteiger charge is 2.65. The van der Waals surface area contributed by atoms with E-state index >= 15 is 0 Å². The number of methoxy groups -OCH3 is 1. The van der Waals surface area contributed by atoms with Gasteiger partial charge in [0.05, 0.1) is 30.3 Å². The van der Waals surface area contributed by atoms with Gasteiger partial charge in [-0.05, 0) is 50.3 Å². The van der Waals surface area contributed by atoms with Crippen molar-refractivity contribution in [3.05, 3.63) is 35.1 Å². The third kappa shape index (κ3) is 2.97. The van der Waals surface area contributed by atoms with Crippen LogP contribution < -0.4 is 5.32 Å². The Kier molecular flexibility index (Phi) is 4.67. The summed E-state index contributed by atoms with van der Waals surface area (Å²) in [6.45, 7) is 3.91. The fraction of sp³-hybridized carbons (Fsp3) is 0.652. The second-order valence-electron chi connectivity index (χ2n) is 9.55. The third-order valence-corrected chi connectivity index (χ3v) is 7.81. The number of ether oxygens (including phenoxy) is 2. The Labute approximate surface area is 176 Å². The van der Waals surface area contributed by atoms with Crippen LogP contribution in [-0.2, 0) is 14.3 Å². The Morgan fingerprint density at radius 2 is 2.13 bits per heavy atom. The van der Waals surface area contributed by atoms with E-state index in [2.05, 4.69) is 5.32 Å². The van der Waals surface area contributed by atoms with Crippen LogP contribution in [0.5, 0.6) is 0 Å². The van der Waals surface area contributed by atoms with E-state index in [-0.39, 0.29) is 46.6 Å². The molecule has 1 N–H and O–H groups in total. The van der Waals surface area contributed by atoms with Crippen LogP contribution in [0.1, 0.15) is 41.6 Å². The van der Waals surface area contributed by atoms with E-state index in [1.807, 2.05) is 4.90 Å². The first kappa shape index (κ1) is 19.9. The molecule has 2 amide bonds. The monoisotopic (exact) mass is 416 g/mol. The largest absolute Gasteiger partial charge is 0.384 e. The van der Waals surface area contributed by atoms with Gasteiger partial charge >= 0.3 is 0 Å². The van der Waals surface area contributed by atoms with Gasteiger partial charge in [0.1, 0.15) is 5.82 Å². The Morgan fingerprint density at radius 1 is 1.33 bits per heavy atom. The van der Waals surface area contributed by atoms with Crippen LogP contribution in [-0.4, -0.2) is 61.8 Å². The molecule has 6 nitrogen and oxygen atoms in total. The predicted molar refractivity (Wildman–Crippen MR) is 107 cm³/mol. The summed E-state index contributed by atoms with van der Waals surface area (Å²) < 4.78 is 25.5. The first-order valence-electron chi connectivity index (χ1n) is 10.9. The van der Waals surface area contributed by atoms with Gasteiger partial charge in [0.2, 0.25) is 5.91 Å². The van der Waals surface area contributed by atoms with Gasteiger partial charge in [-0.3, -0.25) is 9.59 Å². The third-order valence-electron chi connectivity index (χ3n) is 7.81. The summed E-state index contributed by atoms with van der Waals surface area (Å²) in [5.41, 5.74) is 0.127. The summed E-state index contributed by atoms with van der Waals surface area (Å²) in [4.78, 5) is 27.8. The topological polar surface area (TPSA) is 67.9 Å². The molecular weight excluding hydrogens is 387 g/mol. The van der Waals surface area contributed by atoms with Crippen LogP contribution in [0.3, 0.4) is 0 Å². The number of benzene rings is 1. The smallest absolute Gasteiger partial charge is 0.251 e. The first-order valence-corrected chi connectivity index (χ1v) is 10.9. The number of halogens is 1. The van der Waals surface area contributed by atoms with E-state index < -0.39 is 0 Å². The zero-order valence-corrected chi connectivity index (χ0v) is 17.6. The molecule has 3 saturated heterocycles. The van der Waals surface area contributed by atoms with Crippen molar-refractivity contribution < 1.29 is 23.5 Å². The summed E-state index contributed by atoms with van der Waals surface area (Å²) in [6, 6.07) is 4.56. The Bertz CT molecular complexity index is 886. The average Bonchev–Trinajstić information content (AvgIpc) is 3.12. The van der Waals surface area contributed by atoms with Gasteiger partial charge in [-0.2, -0.15) is 0 Å². The number of hydrogen-bond acceptors (Lipinski definition) is 4. The first-order chi connectivity index (χ1) is 14.4. The van der Waals surface area contributed by atoms with Crippen LogP contribution in [0.15, 0.2) is 18.2 Å². The van der Waals surface area contributed by atoms with Gasteiger partial charge in [-0.25, -0.2) is 4.39 Å². The Balaban J connectivity index is 1.27. The second-order valence-corrected chi connectivity index (χ2v) is 9.55. The van der Waals surface area contributed by atoms with Crippen molar-refractivity contribution in [1.82, 2.24) is 10.2 Å². The molecule has 162 valence electrons. The molecule has 5 rings (SSSR count). The molecule has 4 fully saturated rings. The van der Waals surface area contributed by atoms with E-state index in [1.54, 1.807) is 26.2 Å². The van der Waals surface area contributed by atoms with Crippen LogP contribution >= 0.6 is 0 Å². The van der Waals surface area contributed by atoms with Crippen LogP contribution in [0.25, 0.3) is 0 Å². The minimum atomic E-state index is -0.375. The SMILES string of the molecule is COCC1(C(=O)N2C[C@@H]3[C@H](CNC(=O)c4cccc(F)c4C)[C@H]4CC[C@]3(C2)O4)CC1. The van der Waals surface area contributed by atoms with Crippen molar-refractivity contribution in [2.24, 2.45) is 17.3 Å². The lowest BCUT2D eigenvalue weighted by atomic mass is 9.73. The number of nitrogens with zero attached hydrogens (tertiary/aromatic N) is 1. The van der Waals surface area contributed by atoms with Crippen molar-refractivity contribution in [2.45, 2.75) is 44.3 Å². The maximum absolute atomic E-state index is 13.8. The van der Waals surface area contributed by atoms with E-state index in [9.17, 15) is 14.0 Å². The predicted octanol–water partition coefficient (Wildman–Crippen LogP) is 2.30. The number of fused-ring (bicyclic) bond motifs is 1. The maximum Gasteiger partial charge on any atom is 0.251 e. The van der Waals surface area contributed by atoms with Crippen molar-refractivity contribution in [2.75, 3.05) is 33.4 Å². The zero-order valence-electron chi connectivity index (χ0n) is 17.6. The molecule has 4 aliphatic rings. The maximum atomic E-state index is 13.8. The lowest BCUT2D eigenvalue weighted by Crippen LogP contribution is -2.42. The minimum Gasteiger partial charge on any atom is -0.384 e. The van der Waals surface area contributed by atoms with E-state index in [1.165, 1.54) is 6.07 Å². The summed E-state index contributed by atoms with van der Waals surface area (Å²) >= 11 is 0. The van der Waals surface area contributed by atoms with Gasteiger partial charge in [-0.1, -0.05) is 6.07 Å². The van der Waals surface area contributed by atoms with Gasteiger partial charge in [-0.15, -0.1) is 0 Å². The highest BCUT2D eigenvalue weighted by Crippen LogP contribution is 2.56. The quantitative estimate of drug-likeness (QED) is 0.773. The molecule has 1 saturated carbocycles. The van der Waals surface area contributed by atoms with Gasteiger partial charge in [0.25, 0.3) is 5.91 Å². The lowest BCUT2D eigenvalue weighted by Gasteiger charge is -2.29. The molecule has 1 aromatic rings. The van der Waals surface area contributed by atoms with E-state index in [4.69, 9.17) is 9.47 Å². The van der Waals surface area contributed by atoms with Crippen molar-refractivity contribution in [3.63, 3.8) is 0 Å². The number of nitrogens with one attached hydrogen (secondary N) is 1. The molecule has 30 heavy (non-hydrogen) atoms. The summed E-state index contributed by atoms with van der Waals surface area (Å²) in [5.74, 6) is -0.0376. The molecular formula is C23H29FN2O4. The molecule has 3 aliphatic heterocycles. The van der Waals surface area contributed by atoms with Crippen LogP contribution in [0.2, 0.25) is 0 Å². The summed E-state index contributed by atoms with van der Waals surface area (Å²) in [6.07, 6.45) is 3.83. The Morgan fingerprint density at radius 3 is 2.87 bits per heavy atom. The molecule has 2 bridgehead atoms. The molecule has 0 aromatic heterocycles. The van der Waals surface area contributed by atoms with E-state index in [0.29, 0.717) is 37.4 Å². The van der Waals surface area contributed by atoms with Gasteiger partial charge in [0, 0.05) is 37.6 Å². The highest BCUT2D eigenvalue weighted by atomic mass is 19.1. The minimum absolute atomic E-state index is 0.120. The normalized spacial score (nSPS) is 32.9. The van der Waals surface area contributed by atoms with Gasteiger partial charge < -0.3 is 19.7 Å². The number of rotatable bonds is 6. The summed E-state index contributed by atoms with van der Waals surface area (Å²) in [5, 5.41) is 3.00. The molecule has 4 atom stereocenters. The molecule has 1 spiro atoms. The van der Waals surface area contributed by atoms with Crippen molar-refractivity contribution >= 4 is 11.8 Å².